The first-order chi connectivity index (χ1) is 28.2. The standard InChI is InChI=1S/C41H59N7O11/c1-2-3-20-35(50)45-32(26-28-15-7-4-8-16-28)38(54)48(42)33(27-29-17-9-5-10-18-29)37(53)44-25-13-6-11-21-34(49)43-24-14-12-19-30(39(55)56)46-41(59)47-31(40(57)58)22-23-36(51)52/h4-5,7-10,15-18,30-33H,2-3,6,11-14,19-27,42H2,1H3,(H,43,49)(H,44,53)(H,45,50)(H,51,52)(H,55,56)(H,57,58)(H2,46,47,59). The van der Waals surface area contributed by atoms with Crippen LogP contribution >= 0.6 is 0 Å². The van der Waals surface area contributed by atoms with E-state index in [2.05, 4.69) is 26.6 Å². The lowest BCUT2D eigenvalue weighted by Gasteiger charge is -2.30. The molecule has 2 rings (SSSR count). The Balaban J connectivity index is 1.82. The third kappa shape index (κ3) is 20.3. The van der Waals surface area contributed by atoms with E-state index in [1.807, 2.05) is 67.6 Å². The fourth-order valence-electron chi connectivity index (χ4n) is 5.99. The molecule has 6 amide bonds. The minimum atomic E-state index is -1.51. The monoisotopic (exact) mass is 825 g/mol. The van der Waals surface area contributed by atoms with Gasteiger partial charge in [0.2, 0.25) is 17.7 Å². The minimum Gasteiger partial charge on any atom is -0.481 e. The topological polar surface area (TPSA) is 287 Å². The van der Waals surface area contributed by atoms with Crippen molar-refractivity contribution in [2.45, 2.75) is 121 Å². The second-order valence-corrected chi connectivity index (χ2v) is 14.1. The average Bonchev–Trinajstić information content (AvgIpc) is 3.20. The number of carbonyl (C=O) groups excluding carboxylic acids is 5. The number of rotatable bonds is 29. The fraction of sp³-hybridized carbons (Fsp3) is 0.512. The van der Waals surface area contributed by atoms with E-state index < -0.39 is 66.3 Å². The van der Waals surface area contributed by atoms with Gasteiger partial charge in [-0.1, -0.05) is 80.4 Å². The van der Waals surface area contributed by atoms with Crippen molar-refractivity contribution in [3.63, 3.8) is 0 Å². The van der Waals surface area contributed by atoms with E-state index in [1.54, 1.807) is 0 Å². The van der Waals surface area contributed by atoms with Crippen LogP contribution in [0.3, 0.4) is 0 Å². The second kappa shape index (κ2) is 27.6. The van der Waals surface area contributed by atoms with E-state index in [4.69, 9.17) is 10.9 Å². The maximum atomic E-state index is 13.9. The van der Waals surface area contributed by atoms with Crippen molar-refractivity contribution >= 4 is 47.6 Å². The number of aliphatic carboxylic acids is 3. The van der Waals surface area contributed by atoms with Crippen LogP contribution in [0.4, 0.5) is 4.79 Å². The molecule has 0 saturated carbocycles. The summed E-state index contributed by atoms with van der Waals surface area (Å²) >= 11 is 0. The fourth-order valence-corrected chi connectivity index (χ4v) is 5.99. The van der Waals surface area contributed by atoms with Crippen molar-refractivity contribution in [2.75, 3.05) is 13.1 Å². The molecule has 0 aliphatic heterocycles. The van der Waals surface area contributed by atoms with Gasteiger partial charge < -0.3 is 41.9 Å². The summed E-state index contributed by atoms with van der Waals surface area (Å²) in [6.07, 6.45) is 3.81. The Kier molecular flexibility index (Phi) is 22.9. The first-order valence-electron chi connectivity index (χ1n) is 20.0. The number of nitrogens with one attached hydrogen (secondary N) is 5. The van der Waals surface area contributed by atoms with Gasteiger partial charge in [-0.2, -0.15) is 0 Å². The summed E-state index contributed by atoms with van der Waals surface area (Å²) in [7, 11) is 0. The first-order valence-corrected chi connectivity index (χ1v) is 20.0. The number of carbonyl (C=O) groups is 8. The van der Waals surface area contributed by atoms with Crippen LogP contribution in [0.25, 0.3) is 0 Å². The number of nitrogens with two attached hydrogens (primary N) is 1. The number of unbranched alkanes of at least 4 members (excludes halogenated alkanes) is 4. The molecule has 0 bridgehead atoms. The van der Waals surface area contributed by atoms with Crippen LogP contribution in [0.1, 0.15) is 95.1 Å². The summed E-state index contributed by atoms with van der Waals surface area (Å²) in [6.45, 7) is 2.49. The molecule has 0 aliphatic rings. The van der Waals surface area contributed by atoms with Crippen LogP contribution in [0.15, 0.2) is 60.7 Å². The lowest BCUT2D eigenvalue weighted by atomic mass is 10.0. The van der Waals surface area contributed by atoms with Gasteiger partial charge >= 0.3 is 23.9 Å². The molecule has 0 radical (unpaired) electrons. The van der Waals surface area contributed by atoms with Crippen LogP contribution in [0, 0.1) is 0 Å². The van der Waals surface area contributed by atoms with Crippen molar-refractivity contribution in [3.8, 4) is 0 Å². The Morgan fingerprint density at radius 3 is 1.71 bits per heavy atom. The van der Waals surface area contributed by atoms with Crippen molar-refractivity contribution in [1.29, 1.82) is 0 Å². The maximum Gasteiger partial charge on any atom is 0.326 e. The molecule has 0 aromatic heterocycles. The highest BCUT2D eigenvalue weighted by atomic mass is 16.4. The molecule has 2 aromatic carbocycles. The van der Waals surface area contributed by atoms with Gasteiger partial charge in [-0.05, 0) is 56.1 Å². The van der Waals surface area contributed by atoms with Gasteiger partial charge in [0.05, 0.1) is 0 Å². The molecule has 0 fully saturated rings. The predicted molar refractivity (Wildman–Crippen MR) is 216 cm³/mol. The second-order valence-electron chi connectivity index (χ2n) is 14.1. The van der Waals surface area contributed by atoms with Gasteiger partial charge in [0.25, 0.3) is 5.91 Å². The Morgan fingerprint density at radius 1 is 0.593 bits per heavy atom. The molecule has 4 atom stereocenters. The number of hydrogen-bond donors (Lipinski definition) is 9. The maximum absolute atomic E-state index is 13.9. The molecule has 0 spiro atoms. The summed E-state index contributed by atoms with van der Waals surface area (Å²) in [5.74, 6) is 0.840. The van der Waals surface area contributed by atoms with E-state index in [-0.39, 0.29) is 63.4 Å². The molecular formula is C41H59N7O11. The zero-order chi connectivity index (χ0) is 43.6. The lowest BCUT2D eigenvalue weighted by molar-refractivity contribution is -0.143. The molecule has 18 heteroatoms. The highest BCUT2D eigenvalue weighted by Crippen LogP contribution is 2.13. The van der Waals surface area contributed by atoms with Gasteiger partial charge in [0, 0.05) is 45.2 Å². The van der Waals surface area contributed by atoms with Gasteiger partial charge in [-0.3, -0.25) is 29.0 Å². The van der Waals surface area contributed by atoms with Crippen molar-refractivity contribution in [1.82, 2.24) is 31.6 Å². The van der Waals surface area contributed by atoms with Crippen LogP contribution in [0.2, 0.25) is 0 Å². The first kappa shape index (κ1) is 49.1. The minimum absolute atomic E-state index is 0.00334. The van der Waals surface area contributed by atoms with Crippen LogP contribution in [-0.4, -0.2) is 105 Å². The van der Waals surface area contributed by atoms with E-state index in [9.17, 15) is 48.6 Å². The van der Waals surface area contributed by atoms with E-state index in [0.29, 0.717) is 38.5 Å². The van der Waals surface area contributed by atoms with Gasteiger partial charge in [0.1, 0.15) is 24.2 Å². The largest absolute Gasteiger partial charge is 0.481 e. The quantitative estimate of drug-likeness (QED) is 0.0247. The molecule has 324 valence electrons. The van der Waals surface area contributed by atoms with E-state index in [1.165, 1.54) is 0 Å². The smallest absolute Gasteiger partial charge is 0.326 e. The third-order valence-corrected chi connectivity index (χ3v) is 9.31. The summed E-state index contributed by atoms with van der Waals surface area (Å²) < 4.78 is 0. The molecule has 4 unspecified atom stereocenters. The van der Waals surface area contributed by atoms with E-state index in [0.717, 1.165) is 22.6 Å². The van der Waals surface area contributed by atoms with Gasteiger partial charge in [-0.15, -0.1) is 0 Å². The SMILES string of the molecule is CCCCC(=O)NC(Cc1ccccc1)C(=O)N(N)C(Cc1ccccc1)C(=O)NCCCCCC(=O)NCCCCC(NC(=O)NC(CCC(=O)O)C(=O)O)C(=O)O. The zero-order valence-electron chi connectivity index (χ0n) is 33.5. The Hall–Kier alpha value is -6.04. The summed E-state index contributed by atoms with van der Waals surface area (Å²) in [5.41, 5.74) is 1.61. The summed E-state index contributed by atoms with van der Waals surface area (Å²) in [5, 5.41) is 41.0. The number of hydrazine groups is 1. The summed E-state index contributed by atoms with van der Waals surface area (Å²) in [6, 6.07) is 12.4. The molecule has 0 heterocycles. The molecule has 0 saturated heterocycles. The molecule has 18 nitrogen and oxygen atoms in total. The zero-order valence-corrected chi connectivity index (χ0v) is 33.5. The number of nitrogens with zero attached hydrogens (tertiary/aromatic N) is 1. The molecule has 59 heavy (non-hydrogen) atoms. The van der Waals surface area contributed by atoms with Crippen LogP contribution in [0.5, 0.6) is 0 Å². The Bertz CT molecular complexity index is 1660. The molecular weight excluding hydrogens is 766 g/mol. The Morgan fingerprint density at radius 2 is 1.14 bits per heavy atom. The Labute approximate surface area is 344 Å². The van der Waals surface area contributed by atoms with Crippen molar-refractivity contribution < 1.29 is 53.7 Å². The van der Waals surface area contributed by atoms with Gasteiger partial charge in [0.15, 0.2) is 0 Å². The van der Waals surface area contributed by atoms with Crippen molar-refractivity contribution in [2.24, 2.45) is 5.84 Å². The third-order valence-electron chi connectivity index (χ3n) is 9.31. The highest BCUT2D eigenvalue weighted by molar-refractivity contribution is 5.92. The van der Waals surface area contributed by atoms with Crippen molar-refractivity contribution in [3.05, 3.63) is 71.8 Å². The van der Waals surface area contributed by atoms with Gasteiger partial charge in [-0.25, -0.2) is 20.2 Å². The normalized spacial score (nSPS) is 12.8. The number of carboxylic acid groups (broad SMARTS) is 3. The number of urea groups is 1. The lowest BCUT2D eigenvalue weighted by Crippen LogP contribution is -2.60. The highest BCUT2D eigenvalue weighted by Gasteiger charge is 2.33. The van der Waals surface area contributed by atoms with Crippen LogP contribution in [-0.2, 0) is 46.4 Å². The average molecular weight is 826 g/mol. The molecule has 10 N–H and O–H groups in total. The number of carboxylic acids is 3. The number of amides is 6. The van der Waals surface area contributed by atoms with Crippen LogP contribution < -0.4 is 32.4 Å². The summed E-state index contributed by atoms with van der Waals surface area (Å²) in [4.78, 5) is 98.3. The number of hydrogen-bond acceptors (Lipinski definition) is 9. The molecule has 2 aromatic rings. The van der Waals surface area contributed by atoms with E-state index >= 15 is 0 Å². The predicted octanol–water partition coefficient (Wildman–Crippen LogP) is 2.25. The molecule has 0 aliphatic carbocycles. The number of benzene rings is 2.